The second-order valence-corrected chi connectivity index (χ2v) is 8.34. The van der Waals surface area contributed by atoms with E-state index in [2.05, 4.69) is 97.1 Å². The molecule has 1 aliphatic heterocycles. The van der Waals surface area contributed by atoms with E-state index in [1.165, 1.54) is 43.2 Å². The number of hydrogen-bond donors (Lipinski definition) is 0. The minimum Gasteiger partial charge on any atom is -0.0894 e. The van der Waals surface area contributed by atoms with Crippen LogP contribution in [0.1, 0.15) is 23.1 Å². The van der Waals surface area contributed by atoms with Gasteiger partial charge in [-0.1, -0.05) is 103 Å². The van der Waals surface area contributed by atoms with Crippen LogP contribution in [0.5, 0.6) is 0 Å². The molecule has 0 amide bonds. The SMILES string of the molecule is C1=CC2=C(C=CC1)C1(c3ccccc3S2)c2ccccc2-c2ccccc21. The molecule has 3 aromatic carbocycles. The molecule has 3 aromatic rings. The van der Waals surface area contributed by atoms with Crippen molar-refractivity contribution in [3.63, 3.8) is 0 Å². The van der Waals surface area contributed by atoms with Crippen molar-refractivity contribution in [3.8, 4) is 11.1 Å². The van der Waals surface area contributed by atoms with Gasteiger partial charge in [0.2, 0.25) is 0 Å². The number of hydrogen-bond acceptors (Lipinski definition) is 1. The summed E-state index contributed by atoms with van der Waals surface area (Å²) < 4.78 is 0. The van der Waals surface area contributed by atoms with Crippen LogP contribution in [0.4, 0.5) is 0 Å². The molecule has 0 unspecified atom stereocenters. The number of allylic oxidation sites excluding steroid dienone is 5. The molecule has 1 heterocycles. The highest BCUT2D eigenvalue weighted by molar-refractivity contribution is 8.03. The maximum absolute atomic E-state index is 2.37. The van der Waals surface area contributed by atoms with Gasteiger partial charge in [0.15, 0.2) is 0 Å². The molecule has 1 heteroatoms. The molecule has 2 aliphatic carbocycles. The van der Waals surface area contributed by atoms with E-state index in [1.54, 1.807) is 0 Å². The highest BCUT2D eigenvalue weighted by Gasteiger charge is 2.50. The monoisotopic (exact) mass is 362 g/mol. The Hall–Kier alpha value is -2.77. The lowest BCUT2D eigenvalue weighted by Crippen LogP contribution is -2.32. The van der Waals surface area contributed by atoms with Gasteiger partial charge in [-0.05, 0) is 45.9 Å². The Labute approximate surface area is 164 Å². The minimum atomic E-state index is -0.227. The molecule has 0 atom stereocenters. The van der Waals surface area contributed by atoms with Crippen LogP contribution >= 0.6 is 11.8 Å². The quantitative estimate of drug-likeness (QED) is 0.420. The van der Waals surface area contributed by atoms with Gasteiger partial charge in [-0.3, -0.25) is 0 Å². The van der Waals surface area contributed by atoms with Gasteiger partial charge in [0.25, 0.3) is 0 Å². The van der Waals surface area contributed by atoms with Gasteiger partial charge in [0.05, 0.1) is 5.41 Å². The predicted molar refractivity (Wildman–Crippen MR) is 114 cm³/mol. The Kier molecular flexibility index (Phi) is 3.18. The summed E-state index contributed by atoms with van der Waals surface area (Å²) in [5.74, 6) is 0. The molecule has 0 N–H and O–H groups in total. The molecule has 1 spiro atoms. The average Bonchev–Trinajstić information content (AvgIpc) is 2.84. The third kappa shape index (κ3) is 1.90. The molecule has 6 rings (SSSR count). The van der Waals surface area contributed by atoms with Gasteiger partial charge in [-0.2, -0.15) is 0 Å². The Morgan fingerprint density at radius 3 is 1.96 bits per heavy atom. The van der Waals surface area contributed by atoms with Gasteiger partial charge in [-0.25, -0.2) is 0 Å². The van der Waals surface area contributed by atoms with Crippen LogP contribution in [-0.4, -0.2) is 0 Å². The maximum atomic E-state index is 2.37. The van der Waals surface area contributed by atoms with Crippen molar-refractivity contribution in [3.05, 3.63) is 124 Å². The largest absolute Gasteiger partial charge is 0.0894 e. The Bertz CT molecular complexity index is 1130. The van der Waals surface area contributed by atoms with Gasteiger partial charge >= 0.3 is 0 Å². The lowest BCUT2D eigenvalue weighted by molar-refractivity contribution is 0.741. The zero-order valence-electron chi connectivity index (χ0n) is 14.9. The highest BCUT2D eigenvalue weighted by atomic mass is 32.2. The van der Waals surface area contributed by atoms with Crippen molar-refractivity contribution in [2.45, 2.75) is 16.7 Å². The molecule has 128 valence electrons. The third-order valence-electron chi connectivity index (χ3n) is 5.96. The van der Waals surface area contributed by atoms with E-state index >= 15 is 0 Å². The number of rotatable bonds is 0. The predicted octanol–water partition coefficient (Wildman–Crippen LogP) is 6.88. The zero-order valence-corrected chi connectivity index (χ0v) is 15.7. The second kappa shape index (κ2) is 5.61. The first-order valence-electron chi connectivity index (χ1n) is 9.45. The third-order valence-corrected chi connectivity index (χ3v) is 7.11. The Morgan fingerprint density at radius 1 is 0.630 bits per heavy atom. The van der Waals surface area contributed by atoms with E-state index in [-0.39, 0.29) is 5.41 Å². The molecule has 0 saturated carbocycles. The maximum Gasteiger partial charge on any atom is 0.0735 e. The standard InChI is InChI=1S/C26H18S/c1-2-14-22-24(16-3-1)27-25-17-9-8-15-23(25)26(22)20-12-6-4-10-18(20)19-11-5-7-13-21(19)26/h2-17H,1H2. The normalized spacial score (nSPS) is 17.9. The van der Waals surface area contributed by atoms with Gasteiger partial charge in [-0.15, -0.1) is 0 Å². The van der Waals surface area contributed by atoms with Crippen molar-refractivity contribution < 1.29 is 0 Å². The van der Waals surface area contributed by atoms with Gasteiger partial charge in [0, 0.05) is 9.80 Å². The number of thioether (sulfide) groups is 1. The molecule has 0 fully saturated rings. The van der Waals surface area contributed by atoms with Crippen LogP contribution < -0.4 is 0 Å². The summed E-state index contributed by atoms with van der Waals surface area (Å²) in [6.07, 6.45) is 10.3. The summed E-state index contributed by atoms with van der Waals surface area (Å²) in [7, 11) is 0. The topological polar surface area (TPSA) is 0 Å². The summed E-state index contributed by atoms with van der Waals surface area (Å²) in [5.41, 5.74) is 8.14. The molecule has 0 aromatic heterocycles. The number of benzene rings is 3. The van der Waals surface area contributed by atoms with E-state index in [1.807, 2.05) is 11.8 Å². The lowest BCUT2D eigenvalue weighted by Gasteiger charge is -2.40. The lowest BCUT2D eigenvalue weighted by atomic mass is 9.66. The van der Waals surface area contributed by atoms with Crippen molar-refractivity contribution in [2.75, 3.05) is 0 Å². The van der Waals surface area contributed by atoms with Crippen molar-refractivity contribution >= 4 is 11.8 Å². The fraction of sp³-hybridized carbons (Fsp3) is 0.0769. The van der Waals surface area contributed by atoms with Crippen LogP contribution in [0, 0.1) is 0 Å². The molecule has 0 radical (unpaired) electrons. The number of fused-ring (bicyclic) bond motifs is 8. The average molecular weight is 362 g/mol. The molecule has 3 aliphatic rings. The summed E-state index contributed by atoms with van der Waals surface area (Å²) in [6.45, 7) is 0. The molecule has 0 saturated heterocycles. The first kappa shape index (κ1) is 15.3. The van der Waals surface area contributed by atoms with Crippen LogP contribution in [-0.2, 0) is 5.41 Å². The molecule has 0 nitrogen and oxygen atoms in total. The summed E-state index contributed by atoms with van der Waals surface area (Å²) in [4.78, 5) is 2.73. The molecule has 0 bridgehead atoms. The fourth-order valence-corrected chi connectivity index (χ4v) is 6.16. The molecular formula is C26H18S. The van der Waals surface area contributed by atoms with Crippen LogP contribution in [0.15, 0.2) is 112 Å². The van der Waals surface area contributed by atoms with Crippen molar-refractivity contribution in [1.29, 1.82) is 0 Å². The van der Waals surface area contributed by atoms with Crippen LogP contribution in [0.3, 0.4) is 0 Å². The minimum absolute atomic E-state index is 0.227. The first-order chi connectivity index (χ1) is 13.4. The molecule has 27 heavy (non-hydrogen) atoms. The Morgan fingerprint density at radius 2 is 1.22 bits per heavy atom. The van der Waals surface area contributed by atoms with E-state index in [0.717, 1.165) is 6.42 Å². The summed E-state index contributed by atoms with van der Waals surface area (Å²) >= 11 is 1.91. The smallest absolute Gasteiger partial charge is 0.0735 e. The van der Waals surface area contributed by atoms with E-state index < -0.39 is 0 Å². The zero-order chi connectivity index (χ0) is 17.8. The van der Waals surface area contributed by atoms with E-state index in [0.29, 0.717) is 0 Å². The second-order valence-electron chi connectivity index (χ2n) is 7.26. The van der Waals surface area contributed by atoms with Crippen molar-refractivity contribution in [2.24, 2.45) is 0 Å². The highest BCUT2D eigenvalue weighted by Crippen LogP contribution is 2.62. The van der Waals surface area contributed by atoms with Gasteiger partial charge in [0.1, 0.15) is 0 Å². The molecular weight excluding hydrogens is 344 g/mol. The Balaban J connectivity index is 1.84. The summed E-state index contributed by atoms with van der Waals surface area (Å²) in [6, 6.07) is 26.9. The van der Waals surface area contributed by atoms with Crippen LogP contribution in [0.2, 0.25) is 0 Å². The first-order valence-corrected chi connectivity index (χ1v) is 10.3. The van der Waals surface area contributed by atoms with E-state index in [4.69, 9.17) is 0 Å². The fourth-order valence-electron chi connectivity index (χ4n) is 4.95. The van der Waals surface area contributed by atoms with Crippen molar-refractivity contribution in [1.82, 2.24) is 0 Å². The van der Waals surface area contributed by atoms with E-state index in [9.17, 15) is 0 Å². The summed E-state index contributed by atoms with van der Waals surface area (Å²) in [5, 5.41) is 0. The van der Waals surface area contributed by atoms with Crippen LogP contribution in [0.25, 0.3) is 11.1 Å². The van der Waals surface area contributed by atoms with Gasteiger partial charge < -0.3 is 0 Å².